The maximum absolute atomic E-state index is 12.9. The number of rotatable bonds is 8. The quantitative estimate of drug-likeness (QED) is 0.639. The number of fused-ring (bicyclic) bond motifs is 1. The molecular weight excluding hydrogens is 438 g/mol. The topological polar surface area (TPSA) is 67.9 Å². The fourth-order valence-electron chi connectivity index (χ4n) is 4.26. The maximum atomic E-state index is 12.9. The molecule has 1 heterocycles. The number of allylic oxidation sites excluding steroid dienone is 1. The average molecular weight is 465 g/mol. The molecule has 0 radical (unpaired) electrons. The molecular formula is C23H26F2N2O4S. The van der Waals surface area contributed by atoms with Crippen LogP contribution in [0.3, 0.4) is 0 Å². The molecule has 0 aromatic heterocycles. The van der Waals surface area contributed by atoms with E-state index in [9.17, 15) is 17.2 Å². The molecule has 2 aromatic carbocycles. The molecule has 4 rings (SSSR count). The van der Waals surface area contributed by atoms with Gasteiger partial charge in [-0.25, -0.2) is 13.1 Å². The zero-order valence-electron chi connectivity index (χ0n) is 17.8. The van der Waals surface area contributed by atoms with Crippen molar-refractivity contribution in [2.24, 2.45) is 5.92 Å². The van der Waals surface area contributed by atoms with Crippen LogP contribution in [0, 0.1) is 5.92 Å². The van der Waals surface area contributed by atoms with Gasteiger partial charge in [-0.1, -0.05) is 18.2 Å². The summed E-state index contributed by atoms with van der Waals surface area (Å²) in [6, 6.07) is 12.4. The molecule has 1 fully saturated rings. The molecule has 6 nitrogen and oxygen atoms in total. The van der Waals surface area contributed by atoms with E-state index in [1.54, 1.807) is 25.3 Å². The first-order valence-corrected chi connectivity index (χ1v) is 12.0. The number of benzene rings is 2. The maximum Gasteiger partial charge on any atom is 0.387 e. The predicted molar refractivity (Wildman–Crippen MR) is 120 cm³/mol. The molecule has 9 heteroatoms. The second-order valence-corrected chi connectivity index (χ2v) is 9.79. The van der Waals surface area contributed by atoms with Gasteiger partial charge in [0.2, 0.25) is 10.0 Å². The summed E-state index contributed by atoms with van der Waals surface area (Å²) in [6.45, 7) is -0.940. The Morgan fingerprint density at radius 2 is 2.00 bits per heavy atom. The summed E-state index contributed by atoms with van der Waals surface area (Å²) >= 11 is 0. The Hall–Kier alpha value is -2.65. The number of hydrogen-bond donors (Lipinski definition) is 1. The molecule has 2 aliphatic rings. The van der Waals surface area contributed by atoms with Gasteiger partial charge in [-0.3, -0.25) is 0 Å². The monoisotopic (exact) mass is 464 g/mol. The molecule has 0 spiro atoms. The summed E-state index contributed by atoms with van der Waals surface area (Å²) < 4.78 is 63.2. The molecule has 1 saturated heterocycles. The fraction of sp³-hybridized carbons (Fsp3) is 0.391. The van der Waals surface area contributed by atoms with Crippen molar-refractivity contribution in [3.05, 3.63) is 58.5 Å². The van der Waals surface area contributed by atoms with Crippen LogP contribution in [0.4, 0.5) is 14.5 Å². The first-order chi connectivity index (χ1) is 15.4. The standard InChI is InChI=1S/C23H26F2N2O4S/c1-30-22-5-3-2-4-21(22)27-11-10-16(15-27)14-26-32(28,29)20-9-7-17-12-19(31-23(24)25)8-6-18(17)13-20/h2-6,8,12-13,16,23,26H,7,9-11,14-15H2,1H3. The van der Waals surface area contributed by atoms with Gasteiger partial charge in [0.15, 0.2) is 0 Å². The van der Waals surface area contributed by atoms with Crippen molar-refractivity contribution in [1.82, 2.24) is 4.72 Å². The van der Waals surface area contributed by atoms with Gasteiger partial charge in [-0.2, -0.15) is 8.78 Å². The summed E-state index contributed by atoms with van der Waals surface area (Å²) in [4.78, 5) is 2.53. The Morgan fingerprint density at radius 1 is 1.19 bits per heavy atom. The highest BCUT2D eigenvalue weighted by Crippen LogP contribution is 2.33. The van der Waals surface area contributed by atoms with E-state index in [1.807, 2.05) is 24.3 Å². The number of alkyl halides is 2. The van der Waals surface area contributed by atoms with Crippen molar-refractivity contribution in [2.75, 3.05) is 31.6 Å². The number of aryl methyl sites for hydroxylation is 1. The van der Waals surface area contributed by atoms with Crippen molar-refractivity contribution in [1.29, 1.82) is 0 Å². The Morgan fingerprint density at radius 3 is 2.78 bits per heavy atom. The number of hydrogen-bond acceptors (Lipinski definition) is 5. The van der Waals surface area contributed by atoms with E-state index in [0.717, 1.165) is 36.5 Å². The van der Waals surface area contributed by atoms with Gasteiger partial charge < -0.3 is 14.4 Å². The number of anilines is 1. The smallest absolute Gasteiger partial charge is 0.387 e. The lowest BCUT2D eigenvalue weighted by atomic mass is 9.97. The Bertz CT molecular complexity index is 1100. The first-order valence-electron chi connectivity index (χ1n) is 10.5. The molecule has 1 N–H and O–H groups in total. The summed E-state index contributed by atoms with van der Waals surface area (Å²) in [5.74, 6) is 1.08. The van der Waals surface area contributed by atoms with Crippen LogP contribution in [0.1, 0.15) is 24.0 Å². The van der Waals surface area contributed by atoms with E-state index in [4.69, 9.17) is 4.74 Å². The van der Waals surface area contributed by atoms with Crippen molar-refractivity contribution < 1.29 is 26.7 Å². The van der Waals surface area contributed by atoms with Crippen molar-refractivity contribution in [3.8, 4) is 11.5 Å². The number of nitrogens with zero attached hydrogens (tertiary/aromatic N) is 1. The third-order valence-corrected chi connectivity index (χ3v) is 7.47. The summed E-state index contributed by atoms with van der Waals surface area (Å²) in [6.07, 6.45) is 3.27. The van der Waals surface area contributed by atoms with Gasteiger partial charge in [0.05, 0.1) is 17.7 Å². The highest BCUT2D eigenvalue weighted by atomic mass is 32.2. The van der Waals surface area contributed by atoms with Crippen LogP contribution in [0.15, 0.2) is 47.4 Å². The zero-order chi connectivity index (χ0) is 22.7. The lowest BCUT2D eigenvalue weighted by Gasteiger charge is -2.22. The number of nitrogens with one attached hydrogen (secondary N) is 1. The minimum Gasteiger partial charge on any atom is -0.495 e. The minimum atomic E-state index is -3.62. The second kappa shape index (κ2) is 9.46. The SMILES string of the molecule is COc1ccccc1N1CCC(CNS(=O)(=O)C2=Cc3ccc(OC(F)F)cc3CC2)C1. The molecule has 172 valence electrons. The van der Waals surface area contributed by atoms with Gasteiger partial charge in [-0.05, 0) is 66.6 Å². The second-order valence-electron chi connectivity index (χ2n) is 7.97. The van der Waals surface area contributed by atoms with Gasteiger partial charge in [0.1, 0.15) is 11.5 Å². The van der Waals surface area contributed by atoms with Crippen molar-refractivity contribution in [2.45, 2.75) is 25.9 Å². The van der Waals surface area contributed by atoms with Crippen molar-refractivity contribution in [3.63, 3.8) is 0 Å². The van der Waals surface area contributed by atoms with E-state index in [1.165, 1.54) is 6.07 Å². The predicted octanol–water partition coefficient (Wildman–Crippen LogP) is 4.03. The van der Waals surface area contributed by atoms with Gasteiger partial charge >= 0.3 is 6.61 Å². The van der Waals surface area contributed by atoms with E-state index >= 15 is 0 Å². The Kier molecular flexibility index (Phi) is 6.66. The third kappa shape index (κ3) is 5.05. The largest absolute Gasteiger partial charge is 0.495 e. The Labute approximate surface area is 186 Å². The molecule has 1 aliphatic heterocycles. The molecule has 1 atom stereocenters. The minimum absolute atomic E-state index is 0.0809. The van der Waals surface area contributed by atoms with Crippen LogP contribution < -0.4 is 19.1 Å². The molecule has 32 heavy (non-hydrogen) atoms. The van der Waals surface area contributed by atoms with E-state index in [-0.39, 0.29) is 11.7 Å². The van der Waals surface area contributed by atoms with Crippen LogP contribution >= 0.6 is 0 Å². The highest BCUT2D eigenvalue weighted by Gasteiger charge is 2.28. The van der Waals surface area contributed by atoms with Gasteiger partial charge in [0.25, 0.3) is 0 Å². The van der Waals surface area contributed by atoms with Gasteiger partial charge in [0, 0.05) is 19.6 Å². The lowest BCUT2D eigenvalue weighted by Crippen LogP contribution is -2.32. The lowest BCUT2D eigenvalue weighted by molar-refractivity contribution is -0.0498. The van der Waals surface area contributed by atoms with Crippen LogP contribution in [0.5, 0.6) is 11.5 Å². The number of methoxy groups -OCH3 is 1. The van der Waals surface area contributed by atoms with Crippen molar-refractivity contribution >= 4 is 21.8 Å². The molecule has 0 amide bonds. The van der Waals surface area contributed by atoms with E-state index < -0.39 is 16.6 Å². The molecule has 2 aromatic rings. The highest BCUT2D eigenvalue weighted by molar-refractivity contribution is 7.93. The molecule has 1 unspecified atom stereocenters. The summed E-state index contributed by atoms with van der Waals surface area (Å²) in [7, 11) is -1.98. The fourth-order valence-corrected chi connectivity index (χ4v) is 5.55. The van der Waals surface area contributed by atoms with Crippen LogP contribution in [0.25, 0.3) is 6.08 Å². The Balaban J connectivity index is 1.38. The molecule has 0 saturated carbocycles. The van der Waals surface area contributed by atoms with Crippen LogP contribution in [-0.2, 0) is 16.4 Å². The van der Waals surface area contributed by atoms with Crippen LogP contribution in [0.2, 0.25) is 0 Å². The number of sulfonamides is 1. The van der Waals surface area contributed by atoms with Gasteiger partial charge in [-0.15, -0.1) is 0 Å². The first kappa shape index (κ1) is 22.5. The third-order valence-electron chi connectivity index (χ3n) is 5.92. The summed E-state index contributed by atoms with van der Waals surface area (Å²) in [5.41, 5.74) is 2.52. The zero-order valence-corrected chi connectivity index (χ0v) is 18.6. The van der Waals surface area contributed by atoms with Crippen LogP contribution in [-0.4, -0.2) is 41.8 Å². The number of para-hydroxylation sites is 2. The normalized spacial score (nSPS) is 18.4. The number of ether oxygens (including phenoxy) is 2. The van der Waals surface area contributed by atoms with E-state index in [2.05, 4.69) is 14.4 Å². The molecule has 0 bridgehead atoms. The molecule has 1 aliphatic carbocycles. The number of halogens is 2. The average Bonchev–Trinajstić information content (AvgIpc) is 3.26. The van der Waals surface area contributed by atoms with E-state index in [0.29, 0.717) is 29.9 Å². The summed E-state index contributed by atoms with van der Waals surface area (Å²) in [5, 5.41) is 0.